The van der Waals surface area contributed by atoms with Gasteiger partial charge in [-0.15, -0.1) is 0 Å². The molecule has 16 heavy (non-hydrogen) atoms. The van der Waals surface area contributed by atoms with Crippen molar-refractivity contribution in [3.05, 3.63) is 0 Å². The van der Waals surface area contributed by atoms with E-state index < -0.39 is 0 Å². The summed E-state index contributed by atoms with van der Waals surface area (Å²) >= 11 is 0. The summed E-state index contributed by atoms with van der Waals surface area (Å²) in [6.07, 6.45) is 5.66. The Labute approximate surface area is 101 Å². The van der Waals surface area contributed by atoms with Gasteiger partial charge in [-0.25, -0.2) is 0 Å². The molecular formula is C13H30N2O. The van der Waals surface area contributed by atoms with Crippen molar-refractivity contribution >= 4 is 0 Å². The lowest BCUT2D eigenvalue weighted by atomic mass is 9.97. The van der Waals surface area contributed by atoms with Crippen LogP contribution in [0.1, 0.15) is 52.9 Å². The van der Waals surface area contributed by atoms with Gasteiger partial charge in [0.1, 0.15) is 0 Å². The van der Waals surface area contributed by atoms with Gasteiger partial charge in [-0.3, -0.25) is 0 Å². The highest BCUT2D eigenvalue weighted by Gasteiger charge is 2.15. The number of aliphatic hydroxyl groups is 1. The maximum Gasteiger partial charge on any atom is 0.0608 e. The molecule has 0 spiro atoms. The van der Waals surface area contributed by atoms with Crippen molar-refractivity contribution in [2.75, 3.05) is 26.2 Å². The van der Waals surface area contributed by atoms with Crippen LogP contribution >= 0.6 is 0 Å². The molecule has 0 aliphatic heterocycles. The molecule has 98 valence electrons. The molecule has 1 unspecified atom stereocenters. The molecule has 0 aromatic rings. The molecule has 0 rings (SSSR count). The zero-order chi connectivity index (χ0) is 12.4. The highest BCUT2D eigenvalue weighted by Crippen LogP contribution is 2.10. The second-order valence-corrected chi connectivity index (χ2v) is 5.11. The first-order chi connectivity index (χ1) is 7.55. The van der Waals surface area contributed by atoms with Crippen LogP contribution in [0.25, 0.3) is 0 Å². The van der Waals surface area contributed by atoms with Crippen LogP contribution in [0.3, 0.4) is 0 Å². The Kier molecular flexibility index (Phi) is 8.90. The van der Waals surface area contributed by atoms with E-state index >= 15 is 0 Å². The number of nitrogens with zero attached hydrogens (tertiary/aromatic N) is 1. The summed E-state index contributed by atoms with van der Waals surface area (Å²) in [5.74, 6) is 0. The average Bonchev–Trinajstić information content (AvgIpc) is 2.25. The minimum absolute atomic E-state index is 0.0840. The van der Waals surface area contributed by atoms with E-state index in [0.29, 0.717) is 0 Å². The van der Waals surface area contributed by atoms with Crippen LogP contribution in [0.15, 0.2) is 0 Å². The Morgan fingerprint density at radius 1 is 1.06 bits per heavy atom. The molecule has 3 nitrogen and oxygen atoms in total. The summed E-state index contributed by atoms with van der Waals surface area (Å²) in [4.78, 5) is 2.52. The van der Waals surface area contributed by atoms with Gasteiger partial charge in [0.15, 0.2) is 0 Å². The first-order valence-corrected chi connectivity index (χ1v) is 6.67. The Hall–Kier alpha value is -0.120. The Morgan fingerprint density at radius 3 is 2.06 bits per heavy atom. The molecule has 0 radical (unpaired) electrons. The quantitative estimate of drug-likeness (QED) is 0.564. The minimum atomic E-state index is -0.389. The number of nitrogens with two attached hydrogens (primary N) is 1. The monoisotopic (exact) mass is 230 g/mol. The van der Waals surface area contributed by atoms with Crippen molar-refractivity contribution in [2.45, 2.75) is 58.4 Å². The van der Waals surface area contributed by atoms with E-state index in [-0.39, 0.29) is 12.1 Å². The fourth-order valence-electron chi connectivity index (χ4n) is 1.91. The van der Waals surface area contributed by atoms with E-state index in [4.69, 9.17) is 10.8 Å². The number of hydrogen-bond donors (Lipinski definition) is 2. The summed E-state index contributed by atoms with van der Waals surface area (Å²) in [6.45, 7) is 10.0. The fourth-order valence-corrected chi connectivity index (χ4v) is 1.91. The van der Waals surface area contributed by atoms with Gasteiger partial charge in [-0.05, 0) is 52.2 Å². The van der Waals surface area contributed by atoms with E-state index in [1.54, 1.807) is 0 Å². The molecule has 0 saturated heterocycles. The first kappa shape index (κ1) is 15.9. The van der Waals surface area contributed by atoms with Gasteiger partial charge in [0, 0.05) is 5.54 Å². The molecule has 0 aromatic heterocycles. The molecular weight excluding hydrogens is 200 g/mol. The molecule has 0 aromatic carbocycles. The summed E-state index contributed by atoms with van der Waals surface area (Å²) in [5.41, 5.74) is 5.50. The van der Waals surface area contributed by atoms with Crippen molar-refractivity contribution in [1.82, 2.24) is 4.90 Å². The van der Waals surface area contributed by atoms with E-state index in [0.717, 1.165) is 12.8 Å². The van der Waals surface area contributed by atoms with Crippen molar-refractivity contribution in [2.24, 2.45) is 5.73 Å². The van der Waals surface area contributed by atoms with Crippen LogP contribution in [-0.2, 0) is 0 Å². The van der Waals surface area contributed by atoms with Crippen molar-refractivity contribution in [3.8, 4) is 0 Å². The molecule has 1 atom stereocenters. The topological polar surface area (TPSA) is 49.5 Å². The fraction of sp³-hybridized carbons (Fsp3) is 1.00. The van der Waals surface area contributed by atoms with Gasteiger partial charge in [0.2, 0.25) is 0 Å². The van der Waals surface area contributed by atoms with Crippen LogP contribution in [0.4, 0.5) is 0 Å². The van der Waals surface area contributed by atoms with E-state index in [2.05, 4.69) is 18.7 Å². The molecule has 0 bridgehead atoms. The maximum absolute atomic E-state index is 9.04. The van der Waals surface area contributed by atoms with Crippen LogP contribution in [-0.4, -0.2) is 41.8 Å². The second kappa shape index (κ2) is 8.97. The third-order valence-electron chi connectivity index (χ3n) is 2.91. The summed E-state index contributed by atoms with van der Waals surface area (Å²) < 4.78 is 0. The van der Waals surface area contributed by atoms with Crippen LogP contribution in [0, 0.1) is 0 Å². The van der Waals surface area contributed by atoms with Crippen LogP contribution in [0.5, 0.6) is 0 Å². The van der Waals surface area contributed by atoms with Crippen molar-refractivity contribution in [3.63, 3.8) is 0 Å². The summed E-state index contributed by atoms with van der Waals surface area (Å²) in [7, 11) is 0. The van der Waals surface area contributed by atoms with Gasteiger partial charge in [-0.1, -0.05) is 20.3 Å². The zero-order valence-corrected chi connectivity index (χ0v) is 11.3. The standard InChI is InChI=1S/C13H30N2O/c1-4-9-15(10-5-2)11-7-6-8-13(3,14)12-16/h16H,4-12,14H2,1-3H3. The number of hydrogen-bond acceptors (Lipinski definition) is 3. The smallest absolute Gasteiger partial charge is 0.0608 e. The van der Waals surface area contributed by atoms with Crippen molar-refractivity contribution < 1.29 is 5.11 Å². The Balaban J connectivity index is 3.61. The molecule has 3 heteroatoms. The lowest BCUT2D eigenvalue weighted by Gasteiger charge is -2.24. The first-order valence-electron chi connectivity index (χ1n) is 6.67. The predicted octanol–water partition coefficient (Wildman–Crippen LogP) is 1.99. The molecule has 0 aliphatic carbocycles. The molecule has 3 N–H and O–H groups in total. The minimum Gasteiger partial charge on any atom is -0.394 e. The molecule has 0 saturated carbocycles. The molecule has 0 amide bonds. The largest absolute Gasteiger partial charge is 0.394 e. The van der Waals surface area contributed by atoms with Gasteiger partial charge >= 0.3 is 0 Å². The van der Waals surface area contributed by atoms with Crippen LogP contribution < -0.4 is 5.73 Å². The number of aliphatic hydroxyl groups excluding tert-OH is 1. The number of unbranched alkanes of at least 4 members (excludes halogenated alkanes) is 1. The third kappa shape index (κ3) is 8.08. The second-order valence-electron chi connectivity index (χ2n) is 5.11. The number of rotatable bonds is 10. The Bertz CT molecular complexity index is 154. The van der Waals surface area contributed by atoms with Crippen LogP contribution in [0.2, 0.25) is 0 Å². The summed E-state index contributed by atoms with van der Waals surface area (Å²) in [5, 5.41) is 9.04. The average molecular weight is 230 g/mol. The highest BCUT2D eigenvalue weighted by atomic mass is 16.3. The third-order valence-corrected chi connectivity index (χ3v) is 2.91. The predicted molar refractivity (Wildman–Crippen MR) is 70.6 cm³/mol. The van der Waals surface area contributed by atoms with E-state index in [9.17, 15) is 0 Å². The highest BCUT2D eigenvalue weighted by molar-refractivity contribution is 4.76. The van der Waals surface area contributed by atoms with Crippen molar-refractivity contribution in [1.29, 1.82) is 0 Å². The van der Waals surface area contributed by atoms with Gasteiger partial charge < -0.3 is 15.7 Å². The van der Waals surface area contributed by atoms with Gasteiger partial charge in [0.05, 0.1) is 6.61 Å². The lowest BCUT2D eigenvalue weighted by molar-refractivity contribution is 0.193. The summed E-state index contributed by atoms with van der Waals surface area (Å²) in [6, 6.07) is 0. The SMILES string of the molecule is CCCN(CCC)CCCCC(C)(N)CO. The maximum atomic E-state index is 9.04. The van der Waals surface area contributed by atoms with Gasteiger partial charge in [0.25, 0.3) is 0 Å². The van der Waals surface area contributed by atoms with E-state index in [1.165, 1.54) is 38.9 Å². The van der Waals surface area contributed by atoms with E-state index in [1.807, 2.05) is 6.92 Å². The van der Waals surface area contributed by atoms with Gasteiger partial charge in [-0.2, -0.15) is 0 Å². The lowest BCUT2D eigenvalue weighted by Crippen LogP contribution is -2.40. The Morgan fingerprint density at radius 2 is 1.62 bits per heavy atom. The molecule has 0 aliphatic rings. The molecule has 0 heterocycles. The molecule has 0 fully saturated rings. The zero-order valence-electron chi connectivity index (χ0n) is 11.3. The normalized spacial score (nSPS) is 15.4.